The first-order valence-electron chi connectivity index (χ1n) is 5.36. The fourth-order valence-corrected chi connectivity index (χ4v) is 1.55. The molecule has 0 saturated heterocycles. The standard InChI is InChI=1S/C13H13ClN2O/c14-11-3-6-13(16-9-11)17-12-4-1-10(2-5-12)7-8-15/h1-6,9H,7-8,15H2. The summed E-state index contributed by atoms with van der Waals surface area (Å²) in [6.45, 7) is 0.652. The normalized spacial score (nSPS) is 10.2. The van der Waals surface area contributed by atoms with Crippen LogP contribution in [0.15, 0.2) is 42.6 Å². The number of aromatic nitrogens is 1. The summed E-state index contributed by atoms with van der Waals surface area (Å²) in [4.78, 5) is 4.06. The zero-order valence-electron chi connectivity index (χ0n) is 9.27. The quantitative estimate of drug-likeness (QED) is 0.905. The molecule has 88 valence electrons. The average Bonchev–Trinajstić information content (AvgIpc) is 2.35. The molecule has 0 aliphatic carbocycles. The maximum absolute atomic E-state index is 5.74. The first-order chi connectivity index (χ1) is 8.28. The van der Waals surface area contributed by atoms with Gasteiger partial charge in [0.2, 0.25) is 5.88 Å². The molecule has 3 nitrogen and oxygen atoms in total. The van der Waals surface area contributed by atoms with Crippen molar-refractivity contribution in [2.24, 2.45) is 5.73 Å². The molecule has 0 unspecified atom stereocenters. The average molecular weight is 249 g/mol. The lowest BCUT2D eigenvalue weighted by atomic mass is 10.1. The number of nitrogens with zero attached hydrogens (tertiary/aromatic N) is 1. The summed E-state index contributed by atoms with van der Waals surface area (Å²) in [5, 5.41) is 0.593. The molecule has 0 amide bonds. The van der Waals surface area contributed by atoms with E-state index in [1.54, 1.807) is 18.3 Å². The Morgan fingerprint density at radius 2 is 1.88 bits per heavy atom. The third kappa shape index (κ3) is 3.44. The van der Waals surface area contributed by atoms with Gasteiger partial charge in [0.1, 0.15) is 5.75 Å². The molecule has 1 aromatic heterocycles. The van der Waals surface area contributed by atoms with Crippen LogP contribution >= 0.6 is 11.6 Å². The molecule has 0 saturated carbocycles. The smallest absolute Gasteiger partial charge is 0.219 e. The Kier molecular flexibility index (Phi) is 3.96. The lowest BCUT2D eigenvalue weighted by Gasteiger charge is -2.05. The third-order valence-electron chi connectivity index (χ3n) is 2.28. The van der Waals surface area contributed by atoms with Crippen LogP contribution in [-0.2, 0) is 6.42 Å². The number of hydrogen-bond acceptors (Lipinski definition) is 3. The van der Waals surface area contributed by atoms with E-state index in [1.165, 1.54) is 5.56 Å². The van der Waals surface area contributed by atoms with E-state index < -0.39 is 0 Å². The van der Waals surface area contributed by atoms with Gasteiger partial charge in [0.15, 0.2) is 0 Å². The highest BCUT2D eigenvalue weighted by Gasteiger charge is 1.99. The van der Waals surface area contributed by atoms with Gasteiger partial charge in [0.05, 0.1) is 5.02 Å². The van der Waals surface area contributed by atoms with Crippen LogP contribution in [0.25, 0.3) is 0 Å². The number of pyridine rings is 1. The van der Waals surface area contributed by atoms with Crippen LogP contribution in [0.5, 0.6) is 11.6 Å². The molecule has 2 aromatic rings. The molecule has 0 bridgehead atoms. The van der Waals surface area contributed by atoms with Gasteiger partial charge >= 0.3 is 0 Å². The van der Waals surface area contributed by atoms with Crippen LogP contribution in [-0.4, -0.2) is 11.5 Å². The molecule has 0 spiro atoms. The molecule has 1 aromatic carbocycles. The van der Waals surface area contributed by atoms with Gasteiger partial charge in [-0.1, -0.05) is 23.7 Å². The van der Waals surface area contributed by atoms with E-state index in [2.05, 4.69) is 4.98 Å². The van der Waals surface area contributed by atoms with E-state index in [1.807, 2.05) is 24.3 Å². The van der Waals surface area contributed by atoms with E-state index in [9.17, 15) is 0 Å². The van der Waals surface area contributed by atoms with Gasteiger partial charge in [0.25, 0.3) is 0 Å². The minimum absolute atomic E-state index is 0.529. The topological polar surface area (TPSA) is 48.1 Å². The molecule has 2 N–H and O–H groups in total. The molecular weight excluding hydrogens is 236 g/mol. The van der Waals surface area contributed by atoms with E-state index in [0.29, 0.717) is 17.4 Å². The fourth-order valence-electron chi connectivity index (χ4n) is 1.43. The molecule has 0 aliphatic heterocycles. The van der Waals surface area contributed by atoms with Gasteiger partial charge in [-0.05, 0) is 36.7 Å². The Labute approximate surface area is 105 Å². The summed E-state index contributed by atoms with van der Waals surface area (Å²) in [6, 6.07) is 11.3. The highest BCUT2D eigenvalue weighted by atomic mass is 35.5. The molecule has 1 heterocycles. The zero-order valence-corrected chi connectivity index (χ0v) is 10.0. The predicted molar refractivity (Wildman–Crippen MR) is 68.5 cm³/mol. The maximum Gasteiger partial charge on any atom is 0.219 e. The molecule has 0 fully saturated rings. The summed E-state index contributed by atoms with van der Waals surface area (Å²) in [5.74, 6) is 1.28. The molecular formula is C13H13ClN2O. The largest absolute Gasteiger partial charge is 0.439 e. The minimum atomic E-state index is 0.529. The molecule has 0 radical (unpaired) electrons. The summed E-state index contributed by atoms with van der Waals surface area (Å²) in [7, 11) is 0. The van der Waals surface area contributed by atoms with Crippen LogP contribution in [0, 0.1) is 0 Å². The number of ether oxygens (including phenoxy) is 1. The van der Waals surface area contributed by atoms with Crippen molar-refractivity contribution in [3.05, 3.63) is 53.2 Å². The second kappa shape index (κ2) is 5.66. The number of rotatable bonds is 4. The lowest BCUT2D eigenvalue weighted by molar-refractivity contribution is 0.463. The lowest BCUT2D eigenvalue weighted by Crippen LogP contribution is -2.02. The molecule has 4 heteroatoms. The molecule has 17 heavy (non-hydrogen) atoms. The predicted octanol–water partition coefficient (Wildman–Crippen LogP) is 3.03. The monoisotopic (exact) mass is 248 g/mol. The van der Waals surface area contributed by atoms with Crippen molar-refractivity contribution in [3.8, 4) is 11.6 Å². The van der Waals surface area contributed by atoms with Crippen molar-refractivity contribution in [2.75, 3.05) is 6.54 Å². The SMILES string of the molecule is NCCc1ccc(Oc2ccc(Cl)cn2)cc1. The first-order valence-corrected chi connectivity index (χ1v) is 5.74. The maximum atomic E-state index is 5.74. The Morgan fingerprint density at radius 3 is 2.47 bits per heavy atom. The van der Waals surface area contributed by atoms with Crippen molar-refractivity contribution < 1.29 is 4.74 Å². The third-order valence-corrected chi connectivity index (χ3v) is 2.50. The first kappa shape index (κ1) is 11.9. The van der Waals surface area contributed by atoms with Gasteiger partial charge in [-0.2, -0.15) is 0 Å². The molecule has 0 atom stereocenters. The van der Waals surface area contributed by atoms with Gasteiger partial charge in [-0.3, -0.25) is 0 Å². The van der Waals surface area contributed by atoms with Gasteiger partial charge in [-0.15, -0.1) is 0 Å². The highest BCUT2D eigenvalue weighted by Crippen LogP contribution is 2.20. The van der Waals surface area contributed by atoms with Gasteiger partial charge < -0.3 is 10.5 Å². The van der Waals surface area contributed by atoms with Crippen molar-refractivity contribution in [3.63, 3.8) is 0 Å². The van der Waals surface area contributed by atoms with Gasteiger partial charge in [0, 0.05) is 12.3 Å². The van der Waals surface area contributed by atoms with E-state index >= 15 is 0 Å². The second-order valence-corrected chi connectivity index (χ2v) is 4.04. The second-order valence-electron chi connectivity index (χ2n) is 3.60. The summed E-state index contributed by atoms with van der Waals surface area (Å²) < 4.78 is 5.57. The summed E-state index contributed by atoms with van der Waals surface area (Å²) in [6.07, 6.45) is 2.43. The number of halogens is 1. The minimum Gasteiger partial charge on any atom is -0.439 e. The molecule has 2 rings (SSSR count). The van der Waals surface area contributed by atoms with Crippen LogP contribution in [0.3, 0.4) is 0 Å². The van der Waals surface area contributed by atoms with E-state index in [-0.39, 0.29) is 0 Å². The summed E-state index contributed by atoms with van der Waals surface area (Å²) >= 11 is 5.74. The summed E-state index contributed by atoms with van der Waals surface area (Å²) in [5.41, 5.74) is 6.68. The van der Waals surface area contributed by atoms with Crippen LogP contribution in [0.4, 0.5) is 0 Å². The van der Waals surface area contributed by atoms with Crippen molar-refractivity contribution in [2.45, 2.75) is 6.42 Å². The highest BCUT2D eigenvalue weighted by molar-refractivity contribution is 6.30. The zero-order chi connectivity index (χ0) is 12.1. The van der Waals surface area contributed by atoms with E-state index in [4.69, 9.17) is 22.1 Å². The Morgan fingerprint density at radius 1 is 1.12 bits per heavy atom. The van der Waals surface area contributed by atoms with Crippen LogP contribution in [0.1, 0.15) is 5.56 Å². The van der Waals surface area contributed by atoms with Crippen molar-refractivity contribution >= 4 is 11.6 Å². The van der Waals surface area contributed by atoms with Crippen molar-refractivity contribution in [1.82, 2.24) is 4.98 Å². The Bertz CT molecular complexity index is 468. The number of hydrogen-bond donors (Lipinski definition) is 1. The van der Waals surface area contributed by atoms with E-state index in [0.717, 1.165) is 12.2 Å². The number of nitrogens with two attached hydrogens (primary N) is 1. The molecule has 0 aliphatic rings. The fraction of sp³-hybridized carbons (Fsp3) is 0.154. The van der Waals surface area contributed by atoms with Crippen molar-refractivity contribution in [1.29, 1.82) is 0 Å². The number of benzene rings is 1. The Balaban J connectivity index is 2.05. The van der Waals surface area contributed by atoms with Gasteiger partial charge in [-0.25, -0.2) is 4.98 Å². The Hall–Kier alpha value is -1.58. The van der Waals surface area contributed by atoms with Crippen LogP contribution in [0.2, 0.25) is 5.02 Å². The van der Waals surface area contributed by atoms with Crippen LogP contribution < -0.4 is 10.5 Å².